The number of hydrogen-bond donors (Lipinski definition) is 1. The van der Waals surface area contributed by atoms with E-state index in [1.54, 1.807) is 6.07 Å². The van der Waals surface area contributed by atoms with Gasteiger partial charge in [-0.2, -0.15) is 0 Å². The highest BCUT2D eigenvalue weighted by molar-refractivity contribution is 5.25. The van der Waals surface area contributed by atoms with Crippen molar-refractivity contribution in [1.29, 1.82) is 0 Å². The molecule has 1 N–H and O–H groups in total. The summed E-state index contributed by atoms with van der Waals surface area (Å²) in [5, 5.41) is 10.5. The van der Waals surface area contributed by atoms with Gasteiger partial charge in [-0.25, -0.2) is 8.78 Å². The highest BCUT2D eigenvalue weighted by Gasteiger charge is 2.63. The zero-order valence-electron chi connectivity index (χ0n) is 9.63. The van der Waals surface area contributed by atoms with Crippen LogP contribution in [0.25, 0.3) is 0 Å². The average Bonchev–Trinajstić information content (AvgIpc) is 2.91. The van der Waals surface area contributed by atoms with Crippen molar-refractivity contribution in [2.75, 3.05) is 0 Å². The summed E-state index contributed by atoms with van der Waals surface area (Å²) in [4.78, 5) is 0. The third-order valence-corrected chi connectivity index (χ3v) is 4.41. The average molecular weight is 238 g/mol. The summed E-state index contributed by atoms with van der Waals surface area (Å²) < 4.78 is 25.9. The van der Waals surface area contributed by atoms with Crippen molar-refractivity contribution in [3.05, 3.63) is 35.4 Å². The lowest BCUT2D eigenvalue weighted by atomic mass is 10.0. The van der Waals surface area contributed by atoms with Crippen LogP contribution in [0.3, 0.4) is 0 Å². The molecule has 3 rings (SSSR count). The first kappa shape index (κ1) is 11.1. The molecule has 2 unspecified atom stereocenters. The Morgan fingerprint density at radius 2 is 1.76 bits per heavy atom. The van der Waals surface area contributed by atoms with Crippen LogP contribution < -0.4 is 0 Å². The summed E-state index contributed by atoms with van der Waals surface area (Å²) in [5.41, 5.74) is 0.0432. The third-order valence-electron chi connectivity index (χ3n) is 4.41. The zero-order chi connectivity index (χ0) is 12.0. The van der Waals surface area contributed by atoms with Crippen molar-refractivity contribution in [2.45, 2.75) is 37.7 Å². The molecule has 0 spiro atoms. The number of aliphatic hydroxyl groups is 1. The normalized spacial score (nSPS) is 35.5. The molecule has 1 aromatic rings. The quantitative estimate of drug-likeness (QED) is 0.839. The van der Waals surface area contributed by atoms with Crippen LogP contribution in [0.1, 0.15) is 31.2 Å². The van der Waals surface area contributed by atoms with Gasteiger partial charge in [0.25, 0.3) is 0 Å². The fourth-order valence-corrected chi connectivity index (χ4v) is 3.46. The van der Waals surface area contributed by atoms with E-state index in [1.807, 2.05) is 0 Å². The van der Waals surface area contributed by atoms with Gasteiger partial charge in [-0.05, 0) is 42.4 Å². The Hall–Kier alpha value is -0.960. The lowest BCUT2D eigenvalue weighted by Gasteiger charge is -2.10. The molecule has 2 aliphatic carbocycles. The van der Waals surface area contributed by atoms with E-state index in [9.17, 15) is 13.9 Å². The molecule has 92 valence electrons. The lowest BCUT2D eigenvalue weighted by molar-refractivity contribution is 0.118. The lowest BCUT2D eigenvalue weighted by Crippen LogP contribution is -2.16. The smallest absolute Gasteiger partial charge is 0.159 e. The topological polar surface area (TPSA) is 20.2 Å². The SMILES string of the molecule is OC1(Cc2ccc(F)c(F)c2)C2CCCCC21. The summed E-state index contributed by atoms with van der Waals surface area (Å²) in [6, 6.07) is 3.92. The molecular formula is C14H16F2O. The Bertz CT molecular complexity index is 432. The van der Waals surface area contributed by atoms with Crippen LogP contribution >= 0.6 is 0 Å². The molecule has 3 heteroatoms. The summed E-state index contributed by atoms with van der Waals surface area (Å²) in [6.45, 7) is 0. The van der Waals surface area contributed by atoms with Gasteiger partial charge < -0.3 is 5.11 Å². The van der Waals surface area contributed by atoms with Crippen molar-refractivity contribution >= 4 is 0 Å². The molecule has 2 atom stereocenters. The molecule has 1 aromatic carbocycles. The molecule has 2 saturated carbocycles. The van der Waals surface area contributed by atoms with E-state index >= 15 is 0 Å². The first-order valence-electron chi connectivity index (χ1n) is 6.27. The first-order valence-corrected chi connectivity index (χ1v) is 6.27. The molecule has 2 fully saturated rings. The Morgan fingerprint density at radius 3 is 2.35 bits per heavy atom. The van der Waals surface area contributed by atoms with E-state index < -0.39 is 17.2 Å². The standard InChI is InChI=1S/C14H16F2O/c15-12-6-5-9(7-13(12)16)8-14(17)10-3-1-2-4-11(10)14/h5-7,10-11,17H,1-4,8H2. The number of rotatable bonds is 2. The van der Waals surface area contributed by atoms with Gasteiger partial charge in [0.05, 0.1) is 5.60 Å². The summed E-state index contributed by atoms with van der Waals surface area (Å²) >= 11 is 0. The molecular weight excluding hydrogens is 222 g/mol. The van der Waals surface area contributed by atoms with E-state index in [2.05, 4.69) is 0 Å². The van der Waals surface area contributed by atoms with Crippen LogP contribution in [0.4, 0.5) is 8.78 Å². The van der Waals surface area contributed by atoms with Gasteiger partial charge in [-0.3, -0.25) is 0 Å². The van der Waals surface area contributed by atoms with Gasteiger partial charge in [0.15, 0.2) is 11.6 Å². The Labute approximate surface area is 99.5 Å². The van der Waals surface area contributed by atoms with Crippen molar-refractivity contribution < 1.29 is 13.9 Å². The van der Waals surface area contributed by atoms with Crippen molar-refractivity contribution in [2.24, 2.45) is 11.8 Å². The van der Waals surface area contributed by atoms with Gasteiger partial charge in [-0.15, -0.1) is 0 Å². The second-order valence-electron chi connectivity index (χ2n) is 5.41. The number of benzene rings is 1. The molecule has 17 heavy (non-hydrogen) atoms. The fraction of sp³-hybridized carbons (Fsp3) is 0.571. The highest BCUT2D eigenvalue weighted by Crippen LogP contribution is 2.59. The zero-order valence-corrected chi connectivity index (χ0v) is 9.63. The maximum atomic E-state index is 13.1. The molecule has 2 aliphatic rings. The number of halogens is 2. The van der Waals surface area contributed by atoms with Crippen LogP contribution in [0.15, 0.2) is 18.2 Å². The minimum atomic E-state index is -0.825. The van der Waals surface area contributed by atoms with Gasteiger partial charge >= 0.3 is 0 Å². The van der Waals surface area contributed by atoms with E-state index in [0.29, 0.717) is 23.8 Å². The number of fused-ring (bicyclic) bond motifs is 1. The highest BCUT2D eigenvalue weighted by atomic mass is 19.2. The summed E-state index contributed by atoms with van der Waals surface area (Å²) in [7, 11) is 0. The number of hydrogen-bond acceptors (Lipinski definition) is 1. The largest absolute Gasteiger partial charge is 0.389 e. The Morgan fingerprint density at radius 1 is 1.12 bits per heavy atom. The van der Waals surface area contributed by atoms with Crippen molar-refractivity contribution in [3.63, 3.8) is 0 Å². The molecule has 0 amide bonds. The van der Waals surface area contributed by atoms with E-state index in [-0.39, 0.29) is 0 Å². The maximum absolute atomic E-state index is 13.1. The molecule has 0 aliphatic heterocycles. The van der Waals surface area contributed by atoms with Crippen LogP contribution in [0, 0.1) is 23.5 Å². The van der Waals surface area contributed by atoms with Crippen LogP contribution in [-0.2, 0) is 6.42 Å². The Kier molecular flexibility index (Phi) is 2.47. The summed E-state index contributed by atoms with van der Waals surface area (Å²) in [5.74, 6) is -0.891. The molecule has 0 radical (unpaired) electrons. The van der Waals surface area contributed by atoms with E-state index in [1.165, 1.54) is 18.9 Å². The molecule has 1 nitrogen and oxygen atoms in total. The fourth-order valence-electron chi connectivity index (χ4n) is 3.46. The second kappa shape index (κ2) is 3.77. The van der Waals surface area contributed by atoms with Crippen molar-refractivity contribution in [3.8, 4) is 0 Å². The van der Waals surface area contributed by atoms with Gasteiger partial charge in [0.2, 0.25) is 0 Å². The molecule has 0 heterocycles. The third kappa shape index (κ3) is 1.77. The van der Waals surface area contributed by atoms with Crippen LogP contribution in [0.2, 0.25) is 0 Å². The van der Waals surface area contributed by atoms with Crippen LogP contribution in [-0.4, -0.2) is 10.7 Å². The van der Waals surface area contributed by atoms with Crippen molar-refractivity contribution in [1.82, 2.24) is 0 Å². The minimum absolute atomic E-state index is 0.379. The maximum Gasteiger partial charge on any atom is 0.159 e. The predicted octanol–water partition coefficient (Wildman–Crippen LogP) is 3.06. The summed E-state index contributed by atoms with van der Waals surface area (Å²) in [6.07, 6.45) is 4.97. The van der Waals surface area contributed by atoms with E-state index in [4.69, 9.17) is 0 Å². The van der Waals surface area contributed by atoms with E-state index in [0.717, 1.165) is 18.9 Å². The second-order valence-corrected chi connectivity index (χ2v) is 5.41. The monoisotopic (exact) mass is 238 g/mol. The van der Waals surface area contributed by atoms with Gasteiger partial charge in [0, 0.05) is 6.42 Å². The predicted molar refractivity (Wildman–Crippen MR) is 60.5 cm³/mol. The van der Waals surface area contributed by atoms with Gasteiger partial charge in [-0.1, -0.05) is 18.9 Å². The molecule has 0 bridgehead atoms. The molecule has 0 saturated heterocycles. The first-order chi connectivity index (χ1) is 8.11. The van der Waals surface area contributed by atoms with Gasteiger partial charge in [0.1, 0.15) is 0 Å². The molecule has 0 aromatic heterocycles. The Balaban J connectivity index is 1.77. The minimum Gasteiger partial charge on any atom is -0.389 e. The van der Waals surface area contributed by atoms with Crippen LogP contribution in [0.5, 0.6) is 0 Å².